The highest BCUT2D eigenvalue weighted by atomic mass is 79.9. The summed E-state index contributed by atoms with van der Waals surface area (Å²) < 4.78 is 16.2. The molecule has 4 heteroatoms. The van der Waals surface area contributed by atoms with Gasteiger partial charge in [0.05, 0.1) is 26.4 Å². The van der Waals surface area contributed by atoms with Gasteiger partial charge in [0.2, 0.25) is 0 Å². The van der Waals surface area contributed by atoms with Gasteiger partial charge in [-0.1, -0.05) is 28.1 Å². The van der Waals surface area contributed by atoms with E-state index in [9.17, 15) is 0 Å². The zero-order valence-corrected chi connectivity index (χ0v) is 11.9. The molecular formula is C13H19BrO3. The fraction of sp³-hybridized carbons (Fsp3) is 0.538. The number of hydrogen-bond donors (Lipinski definition) is 0. The highest BCUT2D eigenvalue weighted by molar-refractivity contribution is 9.09. The SMILES string of the molecule is CCOCCOC(CBr)c1cccc(OC)c1. The van der Waals surface area contributed by atoms with Crippen molar-refractivity contribution < 1.29 is 14.2 Å². The van der Waals surface area contributed by atoms with E-state index < -0.39 is 0 Å². The molecule has 0 N–H and O–H groups in total. The molecule has 1 aromatic carbocycles. The first-order valence-corrected chi connectivity index (χ1v) is 6.83. The molecule has 1 unspecified atom stereocenters. The lowest BCUT2D eigenvalue weighted by atomic mass is 10.1. The normalized spacial score (nSPS) is 12.4. The summed E-state index contributed by atoms with van der Waals surface area (Å²) in [5.74, 6) is 0.849. The van der Waals surface area contributed by atoms with Gasteiger partial charge >= 0.3 is 0 Å². The first kappa shape index (κ1) is 14.5. The minimum Gasteiger partial charge on any atom is -0.497 e. The van der Waals surface area contributed by atoms with Crippen LogP contribution in [-0.4, -0.2) is 32.3 Å². The van der Waals surface area contributed by atoms with Crippen molar-refractivity contribution in [3.63, 3.8) is 0 Å². The Morgan fingerprint density at radius 1 is 1.29 bits per heavy atom. The molecule has 0 fully saturated rings. The highest BCUT2D eigenvalue weighted by Gasteiger charge is 2.11. The van der Waals surface area contributed by atoms with Crippen LogP contribution in [0.3, 0.4) is 0 Å². The minimum absolute atomic E-state index is 0.0329. The van der Waals surface area contributed by atoms with Crippen LogP contribution in [0, 0.1) is 0 Å². The Labute approximate surface area is 111 Å². The van der Waals surface area contributed by atoms with Gasteiger partial charge in [-0.15, -0.1) is 0 Å². The average molecular weight is 303 g/mol. The van der Waals surface area contributed by atoms with Gasteiger partial charge in [-0.05, 0) is 24.6 Å². The van der Waals surface area contributed by atoms with E-state index in [0.29, 0.717) is 13.2 Å². The summed E-state index contributed by atoms with van der Waals surface area (Å²) >= 11 is 3.46. The lowest BCUT2D eigenvalue weighted by molar-refractivity contribution is 0.0171. The van der Waals surface area contributed by atoms with E-state index >= 15 is 0 Å². The van der Waals surface area contributed by atoms with Crippen molar-refractivity contribution in [2.24, 2.45) is 0 Å². The number of hydrogen-bond acceptors (Lipinski definition) is 3. The molecule has 0 radical (unpaired) electrons. The summed E-state index contributed by atoms with van der Waals surface area (Å²) in [7, 11) is 1.66. The third kappa shape index (κ3) is 5.06. The molecule has 0 aliphatic carbocycles. The van der Waals surface area contributed by atoms with Gasteiger partial charge in [-0.25, -0.2) is 0 Å². The van der Waals surface area contributed by atoms with Crippen molar-refractivity contribution in [1.82, 2.24) is 0 Å². The number of methoxy groups -OCH3 is 1. The third-order valence-electron chi connectivity index (χ3n) is 2.36. The first-order chi connectivity index (χ1) is 8.31. The largest absolute Gasteiger partial charge is 0.497 e. The van der Waals surface area contributed by atoms with Crippen LogP contribution < -0.4 is 4.74 Å². The fourth-order valence-corrected chi connectivity index (χ4v) is 2.03. The van der Waals surface area contributed by atoms with Crippen molar-refractivity contribution in [3.8, 4) is 5.75 Å². The standard InChI is InChI=1S/C13H19BrO3/c1-3-16-7-8-17-13(10-14)11-5-4-6-12(9-11)15-2/h4-6,9,13H,3,7-8,10H2,1-2H3. The van der Waals surface area contributed by atoms with Crippen LogP contribution in [0.1, 0.15) is 18.6 Å². The first-order valence-electron chi connectivity index (χ1n) is 5.71. The summed E-state index contributed by atoms with van der Waals surface area (Å²) in [6, 6.07) is 7.92. The topological polar surface area (TPSA) is 27.7 Å². The Kier molecular flexibility index (Phi) is 7.24. The second-order valence-corrected chi connectivity index (χ2v) is 4.13. The summed E-state index contributed by atoms with van der Waals surface area (Å²) in [5, 5.41) is 0.756. The van der Waals surface area contributed by atoms with Crippen LogP contribution in [0.5, 0.6) is 5.75 Å². The van der Waals surface area contributed by atoms with E-state index in [0.717, 1.165) is 23.2 Å². The lowest BCUT2D eigenvalue weighted by Crippen LogP contribution is -2.11. The minimum atomic E-state index is 0.0329. The van der Waals surface area contributed by atoms with Crippen molar-refractivity contribution in [2.45, 2.75) is 13.0 Å². The van der Waals surface area contributed by atoms with E-state index in [1.165, 1.54) is 0 Å². The molecule has 0 bridgehead atoms. The van der Waals surface area contributed by atoms with Crippen molar-refractivity contribution in [1.29, 1.82) is 0 Å². The molecule has 0 saturated heterocycles. The molecule has 0 spiro atoms. The Morgan fingerprint density at radius 2 is 2.12 bits per heavy atom. The Balaban J connectivity index is 2.53. The van der Waals surface area contributed by atoms with Crippen molar-refractivity contribution >= 4 is 15.9 Å². The van der Waals surface area contributed by atoms with E-state index in [-0.39, 0.29) is 6.10 Å². The van der Waals surface area contributed by atoms with Gasteiger partial charge < -0.3 is 14.2 Å². The van der Waals surface area contributed by atoms with Gasteiger partial charge in [0.15, 0.2) is 0 Å². The third-order valence-corrected chi connectivity index (χ3v) is 2.94. The van der Waals surface area contributed by atoms with E-state index in [4.69, 9.17) is 14.2 Å². The molecule has 0 heterocycles. The highest BCUT2D eigenvalue weighted by Crippen LogP contribution is 2.23. The van der Waals surface area contributed by atoms with Gasteiger partial charge in [0, 0.05) is 11.9 Å². The zero-order valence-electron chi connectivity index (χ0n) is 10.3. The number of benzene rings is 1. The second-order valence-electron chi connectivity index (χ2n) is 3.49. The second kappa shape index (κ2) is 8.50. The van der Waals surface area contributed by atoms with Crippen molar-refractivity contribution in [2.75, 3.05) is 32.3 Å². The molecule has 0 aliphatic heterocycles. The molecule has 1 atom stereocenters. The predicted octanol–water partition coefficient (Wildman–Crippen LogP) is 3.18. The Bertz CT molecular complexity index is 317. The zero-order chi connectivity index (χ0) is 12.5. The fourth-order valence-electron chi connectivity index (χ4n) is 1.47. The molecule has 17 heavy (non-hydrogen) atoms. The molecule has 0 saturated carbocycles. The van der Waals surface area contributed by atoms with Gasteiger partial charge in [-0.2, -0.15) is 0 Å². The summed E-state index contributed by atoms with van der Waals surface area (Å²) in [5.41, 5.74) is 1.11. The molecule has 96 valence electrons. The maximum Gasteiger partial charge on any atom is 0.119 e. The van der Waals surface area contributed by atoms with E-state index in [1.807, 2.05) is 31.2 Å². The van der Waals surface area contributed by atoms with Crippen LogP contribution in [-0.2, 0) is 9.47 Å². The molecule has 1 aromatic rings. The van der Waals surface area contributed by atoms with Crippen LogP contribution in [0.15, 0.2) is 24.3 Å². The monoisotopic (exact) mass is 302 g/mol. The van der Waals surface area contributed by atoms with Gasteiger partial charge in [-0.3, -0.25) is 0 Å². The summed E-state index contributed by atoms with van der Waals surface area (Å²) in [4.78, 5) is 0. The molecular weight excluding hydrogens is 284 g/mol. The van der Waals surface area contributed by atoms with Crippen molar-refractivity contribution in [3.05, 3.63) is 29.8 Å². The van der Waals surface area contributed by atoms with Crippen LogP contribution >= 0.6 is 15.9 Å². The maximum atomic E-state index is 5.75. The van der Waals surface area contributed by atoms with Gasteiger partial charge in [0.1, 0.15) is 5.75 Å². The number of halogens is 1. The summed E-state index contributed by atoms with van der Waals surface area (Å²) in [6.45, 7) is 3.93. The van der Waals surface area contributed by atoms with Crippen LogP contribution in [0.2, 0.25) is 0 Å². The van der Waals surface area contributed by atoms with Gasteiger partial charge in [0.25, 0.3) is 0 Å². The van der Waals surface area contributed by atoms with Crippen LogP contribution in [0.25, 0.3) is 0 Å². The molecule has 1 rings (SSSR count). The lowest BCUT2D eigenvalue weighted by Gasteiger charge is -2.16. The Hall–Kier alpha value is -0.580. The number of alkyl halides is 1. The molecule has 0 amide bonds. The quantitative estimate of drug-likeness (QED) is 0.545. The Morgan fingerprint density at radius 3 is 2.76 bits per heavy atom. The molecule has 0 aliphatic rings. The average Bonchev–Trinajstić information content (AvgIpc) is 2.39. The molecule has 3 nitrogen and oxygen atoms in total. The summed E-state index contributed by atoms with van der Waals surface area (Å²) in [6.07, 6.45) is 0.0329. The number of ether oxygens (including phenoxy) is 3. The maximum absolute atomic E-state index is 5.75. The number of rotatable bonds is 8. The predicted molar refractivity (Wildman–Crippen MR) is 72.0 cm³/mol. The van der Waals surface area contributed by atoms with E-state index in [1.54, 1.807) is 7.11 Å². The molecule has 0 aromatic heterocycles. The van der Waals surface area contributed by atoms with E-state index in [2.05, 4.69) is 15.9 Å². The smallest absolute Gasteiger partial charge is 0.119 e. The van der Waals surface area contributed by atoms with Crippen LogP contribution in [0.4, 0.5) is 0 Å².